The van der Waals surface area contributed by atoms with E-state index in [0.29, 0.717) is 13.2 Å². The van der Waals surface area contributed by atoms with Crippen molar-refractivity contribution >= 4 is 17.3 Å². The number of carbonyl (C=O) groups is 1. The van der Waals surface area contributed by atoms with Crippen LogP contribution in [0.4, 0.5) is 11.4 Å². The monoisotopic (exact) mass is 458 g/mol. The molecule has 0 amide bonds. The predicted octanol–water partition coefficient (Wildman–Crippen LogP) is 5.78. The second-order valence-corrected chi connectivity index (χ2v) is 7.76. The Morgan fingerprint density at radius 1 is 0.727 bits per heavy atom. The molecule has 0 bridgehead atoms. The first-order valence-corrected chi connectivity index (χ1v) is 11.8. The lowest BCUT2D eigenvalue weighted by Crippen LogP contribution is -2.39. The Bertz CT molecular complexity index is 826. The highest BCUT2D eigenvalue weighted by atomic mass is 16.7. The van der Waals surface area contributed by atoms with Crippen molar-refractivity contribution in [2.45, 2.75) is 66.5 Å². The summed E-state index contributed by atoms with van der Waals surface area (Å²) >= 11 is 0. The molecular weight excluding hydrogens is 420 g/mol. The van der Waals surface area contributed by atoms with E-state index < -0.39 is 5.97 Å². The minimum absolute atomic E-state index is 0.00340. The maximum absolute atomic E-state index is 12.7. The van der Waals surface area contributed by atoms with Crippen LogP contribution in [0.2, 0.25) is 0 Å². The van der Waals surface area contributed by atoms with Gasteiger partial charge in [-0.15, -0.1) is 0 Å². The van der Waals surface area contributed by atoms with E-state index >= 15 is 0 Å². The third-order valence-electron chi connectivity index (χ3n) is 5.31. The molecule has 7 heteroatoms. The molecule has 7 nitrogen and oxygen atoms in total. The smallest absolute Gasteiger partial charge is 0.360 e. The van der Waals surface area contributed by atoms with Crippen LogP contribution in [-0.2, 0) is 14.5 Å². The van der Waals surface area contributed by atoms with Crippen LogP contribution in [0.1, 0.15) is 54.4 Å². The molecule has 2 rings (SSSR count). The molecule has 0 fully saturated rings. The number of nitrogens with zero attached hydrogens (tertiary/aromatic N) is 2. The van der Waals surface area contributed by atoms with Crippen molar-refractivity contribution in [1.29, 1.82) is 0 Å². The number of rotatable bonds is 14. The van der Waals surface area contributed by atoms with E-state index in [9.17, 15) is 4.79 Å². The summed E-state index contributed by atoms with van der Waals surface area (Å²) in [6.45, 7) is 13.1. The minimum Gasteiger partial charge on any atom is -0.494 e. The zero-order chi connectivity index (χ0) is 24.2. The minimum atomic E-state index is -0.469. The lowest BCUT2D eigenvalue weighted by molar-refractivity contribution is -0.152. The van der Waals surface area contributed by atoms with Crippen molar-refractivity contribution in [2.75, 3.05) is 29.9 Å². The van der Waals surface area contributed by atoms with Crippen molar-refractivity contribution in [3.05, 3.63) is 48.5 Å². The summed E-state index contributed by atoms with van der Waals surface area (Å²) in [7, 11) is 0. The largest absolute Gasteiger partial charge is 0.494 e. The number of carbonyl (C=O) groups excluding carboxylic acids is 1. The van der Waals surface area contributed by atoms with Gasteiger partial charge in [-0.2, -0.15) is 0 Å². The predicted molar refractivity (Wildman–Crippen MR) is 132 cm³/mol. The summed E-state index contributed by atoms with van der Waals surface area (Å²) in [4.78, 5) is 24.4. The van der Waals surface area contributed by atoms with Crippen molar-refractivity contribution in [2.24, 2.45) is 0 Å². The topological polar surface area (TPSA) is 60.5 Å². The molecule has 33 heavy (non-hydrogen) atoms. The fourth-order valence-electron chi connectivity index (χ4n) is 3.16. The van der Waals surface area contributed by atoms with Crippen LogP contribution in [0, 0.1) is 0 Å². The molecule has 0 aliphatic heterocycles. The van der Waals surface area contributed by atoms with E-state index in [0.717, 1.165) is 35.7 Å². The van der Waals surface area contributed by atoms with Gasteiger partial charge >= 0.3 is 5.97 Å². The molecule has 0 radical (unpaired) electrons. The average Bonchev–Trinajstić information content (AvgIpc) is 2.84. The van der Waals surface area contributed by atoms with Gasteiger partial charge in [-0.05, 0) is 89.1 Å². The summed E-state index contributed by atoms with van der Waals surface area (Å²) in [6, 6.07) is 15.2. The van der Waals surface area contributed by atoms with Gasteiger partial charge in [0.25, 0.3) is 0 Å². The van der Waals surface area contributed by atoms with Crippen LogP contribution < -0.4 is 19.6 Å². The van der Waals surface area contributed by atoms with Gasteiger partial charge in [0, 0.05) is 0 Å². The Kier molecular flexibility index (Phi) is 10.8. The Balaban J connectivity index is 2.07. The third-order valence-corrected chi connectivity index (χ3v) is 5.31. The number of hydrogen-bond acceptors (Lipinski definition) is 7. The quantitative estimate of drug-likeness (QED) is 0.332. The Morgan fingerprint density at radius 2 is 1.15 bits per heavy atom. The van der Waals surface area contributed by atoms with E-state index in [2.05, 4.69) is 6.92 Å². The first-order chi connectivity index (χ1) is 15.9. The van der Waals surface area contributed by atoms with Crippen molar-refractivity contribution in [3.63, 3.8) is 0 Å². The van der Waals surface area contributed by atoms with E-state index in [1.165, 1.54) is 0 Å². The maximum Gasteiger partial charge on any atom is 0.360 e. The van der Waals surface area contributed by atoms with Gasteiger partial charge in [0.2, 0.25) is 0 Å². The van der Waals surface area contributed by atoms with Gasteiger partial charge in [0.1, 0.15) is 11.5 Å². The maximum atomic E-state index is 12.7. The van der Waals surface area contributed by atoms with Crippen LogP contribution >= 0.6 is 0 Å². The molecule has 0 aliphatic rings. The summed E-state index contributed by atoms with van der Waals surface area (Å²) in [5.41, 5.74) is 1.64. The second-order valence-electron chi connectivity index (χ2n) is 7.76. The molecule has 0 spiro atoms. The summed E-state index contributed by atoms with van der Waals surface area (Å²) in [5, 5.41) is 3.38. The summed E-state index contributed by atoms with van der Waals surface area (Å²) in [5.74, 6) is 1.10. The van der Waals surface area contributed by atoms with Gasteiger partial charge in [0.05, 0.1) is 36.7 Å². The molecule has 0 N–H and O–H groups in total. The van der Waals surface area contributed by atoms with Crippen molar-refractivity contribution in [1.82, 2.24) is 0 Å². The number of hydroxylamine groups is 2. The Morgan fingerprint density at radius 3 is 1.58 bits per heavy atom. The lowest BCUT2D eigenvalue weighted by atomic mass is 10.2. The van der Waals surface area contributed by atoms with Crippen molar-refractivity contribution in [3.8, 4) is 11.5 Å². The molecule has 0 aliphatic carbocycles. The van der Waals surface area contributed by atoms with Gasteiger partial charge in [-0.1, -0.05) is 13.8 Å². The average molecular weight is 459 g/mol. The Labute approximate surface area is 198 Å². The third kappa shape index (κ3) is 7.86. The highest BCUT2D eigenvalue weighted by Gasteiger charge is 2.21. The normalized spacial score (nSPS) is 12.5. The number of hydrogen-bond donors (Lipinski definition) is 0. The SMILES string of the molecule is CCOc1ccc(N(OCC(=O)ON(c2ccc(OCC)cc2)C(C)CC)C(C)CC)cc1. The molecule has 2 atom stereocenters. The highest BCUT2D eigenvalue weighted by Crippen LogP contribution is 2.25. The van der Waals surface area contributed by atoms with E-state index in [-0.39, 0.29) is 18.7 Å². The van der Waals surface area contributed by atoms with E-state index in [1.54, 1.807) is 10.1 Å². The van der Waals surface area contributed by atoms with E-state index in [1.807, 2.05) is 83.1 Å². The number of ether oxygens (including phenoxy) is 2. The van der Waals surface area contributed by atoms with Gasteiger partial charge < -0.3 is 14.3 Å². The van der Waals surface area contributed by atoms with Gasteiger partial charge in [0.15, 0.2) is 6.61 Å². The molecule has 0 heterocycles. The molecule has 0 saturated heterocycles. The van der Waals surface area contributed by atoms with Crippen LogP contribution in [0.25, 0.3) is 0 Å². The summed E-state index contributed by atoms with van der Waals surface area (Å²) in [6.07, 6.45) is 1.67. The zero-order valence-corrected chi connectivity index (χ0v) is 20.7. The van der Waals surface area contributed by atoms with E-state index in [4.69, 9.17) is 19.1 Å². The highest BCUT2D eigenvalue weighted by molar-refractivity contribution is 5.72. The lowest BCUT2D eigenvalue weighted by Gasteiger charge is -2.31. The molecule has 0 aromatic heterocycles. The molecule has 182 valence electrons. The molecular formula is C26H38N2O5. The first kappa shape index (κ1) is 26.3. The number of anilines is 2. The standard InChI is InChI=1S/C26H38N2O5/c1-7-20(5)27(22-11-15-24(16-12-22)30-9-3)32-19-26(29)33-28(21(6)8-2)23-13-17-25(18-14-23)31-10-4/h11-18,20-21H,7-10,19H2,1-6H3. The van der Waals surface area contributed by atoms with Crippen LogP contribution in [0.15, 0.2) is 48.5 Å². The summed E-state index contributed by atoms with van der Waals surface area (Å²) < 4.78 is 11.0. The molecule has 2 unspecified atom stereocenters. The Hall–Kier alpha value is -2.93. The molecule has 0 saturated carbocycles. The second kappa shape index (κ2) is 13.6. The van der Waals surface area contributed by atoms with Gasteiger partial charge in [-0.25, -0.2) is 9.86 Å². The van der Waals surface area contributed by atoms with Crippen LogP contribution in [-0.4, -0.2) is 37.9 Å². The van der Waals surface area contributed by atoms with Crippen molar-refractivity contribution < 1.29 is 23.9 Å². The molecule has 2 aromatic rings. The fourth-order valence-corrected chi connectivity index (χ4v) is 3.16. The number of benzene rings is 2. The molecule has 2 aromatic carbocycles. The fraction of sp³-hybridized carbons (Fsp3) is 0.500. The zero-order valence-electron chi connectivity index (χ0n) is 20.7. The van der Waals surface area contributed by atoms with Crippen LogP contribution in [0.5, 0.6) is 11.5 Å². The van der Waals surface area contributed by atoms with Crippen LogP contribution in [0.3, 0.4) is 0 Å². The first-order valence-electron chi connectivity index (χ1n) is 11.8. The van der Waals surface area contributed by atoms with Gasteiger partial charge in [-0.3, -0.25) is 9.90 Å².